The lowest BCUT2D eigenvalue weighted by Crippen LogP contribution is -2.31. The molecule has 112 valence electrons. The van der Waals surface area contributed by atoms with Crippen LogP contribution in [0.1, 0.15) is 18.2 Å². The van der Waals surface area contributed by atoms with Gasteiger partial charge in [0, 0.05) is 18.8 Å². The molecule has 2 heterocycles. The molecule has 0 amide bonds. The molecule has 0 unspecified atom stereocenters. The number of pyridine rings is 1. The third kappa shape index (κ3) is 3.66. The van der Waals surface area contributed by atoms with Crippen molar-refractivity contribution >= 4 is 11.6 Å². The van der Waals surface area contributed by atoms with Gasteiger partial charge in [-0.3, -0.25) is 18.9 Å². The van der Waals surface area contributed by atoms with E-state index in [-0.39, 0.29) is 18.1 Å². The number of aryl methyl sites for hydroxylation is 1. The van der Waals surface area contributed by atoms with E-state index >= 15 is 0 Å². The molecule has 0 atom stereocenters. The standard InChI is InChI=1S/C15H19N3O3/c1-4-17(10-15(20)21-3)9-12-8-14(19)18-6-5-11(2)7-13(18)16-12/h5-8H,4,9-10H2,1-3H3. The molecule has 0 aliphatic carbocycles. The van der Waals surface area contributed by atoms with Crippen molar-refractivity contribution in [2.75, 3.05) is 20.2 Å². The van der Waals surface area contributed by atoms with Crippen LogP contribution >= 0.6 is 0 Å². The number of hydrogen-bond donors (Lipinski definition) is 0. The third-order valence-corrected chi connectivity index (χ3v) is 3.29. The molecule has 6 nitrogen and oxygen atoms in total. The van der Waals surface area contributed by atoms with Gasteiger partial charge < -0.3 is 4.74 Å². The van der Waals surface area contributed by atoms with Crippen LogP contribution in [0.15, 0.2) is 29.2 Å². The molecule has 0 aromatic carbocycles. The number of aromatic nitrogens is 2. The maximum atomic E-state index is 12.1. The molecule has 21 heavy (non-hydrogen) atoms. The summed E-state index contributed by atoms with van der Waals surface area (Å²) in [6.45, 7) is 5.19. The van der Waals surface area contributed by atoms with Gasteiger partial charge in [0.15, 0.2) is 0 Å². The molecular formula is C15H19N3O3. The Hall–Kier alpha value is -2.21. The second-order valence-corrected chi connectivity index (χ2v) is 4.90. The van der Waals surface area contributed by atoms with Crippen LogP contribution in [0.2, 0.25) is 0 Å². The van der Waals surface area contributed by atoms with Crippen LogP contribution in [0.3, 0.4) is 0 Å². The molecule has 2 aromatic heterocycles. The van der Waals surface area contributed by atoms with Crippen LogP contribution in [0.4, 0.5) is 0 Å². The molecule has 0 aliphatic rings. The van der Waals surface area contributed by atoms with Gasteiger partial charge in [0.05, 0.1) is 19.3 Å². The van der Waals surface area contributed by atoms with E-state index in [0.29, 0.717) is 24.4 Å². The summed E-state index contributed by atoms with van der Waals surface area (Å²) < 4.78 is 6.17. The molecule has 0 N–H and O–H groups in total. The first-order chi connectivity index (χ1) is 10.0. The van der Waals surface area contributed by atoms with E-state index in [2.05, 4.69) is 9.72 Å². The number of nitrogens with zero attached hydrogens (tertiary/aromatic N) is 3. The van der Waals surface area contributed by atoms with Crippen molar-refractivity contribution in [3.63, 3.8) is 0 Å². The number of likely N-dealkylation sites (N-methyl/N-ethyl adjacent to an activating group) is 1. The second-order valence-electron chi connectivity index (χ2n) is 4.90. The van der Waals surface area contributed by atoms with Crippen LogP contribution < -0.4 is 5.56 Å². The van der Waals surface area contributed by atoms with Crippen molar-refractivity contribution < 1.29 is 9.53 Å². The number of esters is 1. The van der Waals surface area contributed by atoms with E-state index in [9.17, 15) is 9.59 Å². The Balaban J connectivity index is 2.29. The highest BCUT2D eigenvalue weighted by Gasteiger charge is 2.11. The first-order valence-electron chi connectivity index (χ1n) is 6.81. The lowest BCUT2D eigenvalue weighted by atomic mass is 10.3. The van der Waals surface area contributed by atoms with E-state index in [1.807, 2.05) is 30.9 Å². The topological polar surface area (TPSA) is 63.9 Å². The predicted molar refractivity (Wildman–Crippen MR) is 79.2 cm³/mol. The van der Waals surface area contributed by atoms with E-state index in [1.165, 1.54) is 17.6 Å². The Morgan fingerprint density at radius 2 is 2.19 bits per heavy atom. The zero-order valence-electron chi connectivity index (χ0n) is 12.5. The fraction of sp³-hybridized carbons (Fsp3) is 0.400. The maximum absolute atomic E-state index is 12.1. The lowest BCUT2D eigenvalue weighted by Gasteiger charge is -2.18. The van der Waals surface area contributed by atoms with Crippen molar-refractivity contribution in [3.8, 4) is 0 Å². The number of methoxy groups -OCH3 is 1. The summed E-state index contributed by atoms with van der Waals surface area (Å²) in [6.07, 6.45) is 1.72. The van der Waals surface area contributed by atoms with E-state index in [0.717, 1.165) is 5.56 Å². The van der Waals surface area contributed by atoms with Crippen molar-refractivity contribution in [1.82, 2.24) is 14.3 Å². The molecule has 0 radical (unpaired) electrons. The number of carbonyl (C=O) groups excluding carboxylic acids is 1. The lowest BCUT2D eigenvalue weighted by molar-refractivity contribution is -0.142. The summed E-state index contributed by atoms with van der Waals surface area (Å²) in [7, 11) is 1.36. The van der Waals surface area contributed by atoms with Gasteiger partial charge in [-0.2, -0.15) is 0 Å². The van der Waals surface area contributed by atoms with Crippen molar-refractivity contribution in [3.05, 3.63) is 46.0 Å². The Kier molecular flexibility index (Phi) is 4.70. The summed E-state index contributed by atoms with van der Waals surface area (Å²) in [6, 6.07) is 5.23. The van der Waals surface area contributed by atoms with Gasteiger partial charge in [-0.25, -0.2) is 4.98 Å². The third-order valence-electron chi connectivity index (χ3n) is 3.29. The fourth-order valence-electron chi connectivity index (χ4n) is 2.09. The summed E-state index contributed by atoms with van der Waals surface area (Å²) >= 11 is 0. The van der Waals surface area contributed by atoms with Crippen molar-refractivity contribution in [2.24, 2.45) is 0 Å². The number of rotatable bonds is 5. The van der Waals surface area contributed by atoms with Gasteiger partial charge in [0.1, 0.15) is 5.65 Å². The molecule has 0 aliphatic heterocycles. The normalized spacial score (nSPS) is 11.0. The summed E-state index contributed by atoms with van der Waals surface area (Å²) in [5.74, 6) is -0.301. The van der Waals surface area contributed by atoms with Crippen LogP contribution in [0, 0.1) is 6.92 Å². The number of hydrogen-bond acceptors (Lipinski definition) is 5. The number of carbonyl (C=O) groups is 1. The van der Waals surface area contributed by atoms with Crippen molar-refractivity contribution in [1.29, 1.82) is 0 Å². The quantitative estimate of drug-likeness (QED) is 0.768. The summed E-state index contributed by atoms with van der Waals surface area (Å²) in [5.41, 5.74) is 2.19. The fourth-order valence-corrected chi connectivity index (χ4v) is 2.09. The van der Waals surface area contributed by atoms with Crippen LogP contribution in [-0.2, 0) is 16.1 Å². The van der Waals surface area contributed by atoms with Crippen LogP contribution in [-0.4, -0.2) is 40.5 Å². The molecular weight excluding hydrogens is 270 g/mol. The Morgan fingerprint density at radius 1 is 1.43 bits per heavy atom. The molecule has 6 heteroatoms. The molecule has 0 saturated heterocycles. The summed E-state index contributed by atoms with van der Waals surface area (Å²) in [4.78, 5) is 29.8. The zero-order valence-corrected chi connectivity index (χ0v) is 12.5. The second kappa shape index (κ2) is 6.49. The largest absolute Gasteiger partial charge is 0.468 e. The van der Waals surface area contributed by atoms with Crippen LogP contribution in [0.25, 0.3) is 5.65 Å². The van der Waals surface area contributed by atoms with Gasteiger partial charge in [-0.15, -0.1) is 0 Å². The minimum absolute atomic E-state index is 0.121. The molecule has 0 bridgehead atoms. The highest BCUT2D eigenvalue weighted by Crippen LogP contribution is 2.05. The molecule has 2 rings (SSSR count). The Bertz CT molecular complexity index is 709. The van der Waals surface area contributed by atoms with Gasteiger partial charge in [-0.05, 0) is 31.2 Å². The average Bonchev–Trinajstić information content (AvgIpc) is 2.45. The van der Waals surface area contributed by atoms with Crippen LogP contribution in [0.5, 0.6) is 0 Å². The monoisotopic (exact) mass is 289 g/mol. The SMILES string of the molecule is CCN(CC(=O)OC)Cc1cc(=O)n2ccc(C)cc2n1. The minimum Gasteiger partial charge on any atom is -0.468 e. The molecule has 2 aromatic rings. The van der Waals surface area contributed by atoms with E-state index in [1.54, 1.807) is 6.20 Å². The zero-order chi connectivity index (χ0) is 15.4. The number of ether oxygens (including phenoxy) is 1. The predicted octanol–water partition coefficient (Wildman–Crippen LogP) is 0.998. The van der Waals surface area contributed by atoms with Gasteiger partial charge in [0.25, 0.3) is 5.56 Å². The Labute approximate surface area is 123 Å². The summed E-state index contributed by atoms with van der Waals surface area (Å²) in [5, 5.41) is 0. The van der Waals surface area contributed by atoms with E-state index in [4.69, 9.17) is 0 Å². The first-order valence-corrected chi connectivity index (χ1v) is 6.81. The smallest absolute Gasteiger partial charge is 0.319 e. The first kappa shape index (κ1) is 15.2. The molecule has 0 spiro atoms. The van der Waals surface area contributed by atoms with Crippen molar-refractivity contribution in [2.45, 2.75) is 20.4 Å². The number of fused-ring (bicyclic) bond motifs is 1. The van der Waals surface area contributed by atoms with E-state index < -0.39 is 0 Å². The highest BCUT2D eigenvalue weighted by molar-refractivity contribution is 5.71. The average molecular weight is 289 g/mol. The highest BCUT2D eigenvalue weighted by atomic mass is 16.5. The maximum Gasteiger partial charge on any atom is 0.319 e. The van der Waals surface area contributed by atoms with Gasteiger partial charge >= 0.3 is 5.97 Å². The molecule has 0 saturated carbocycles. The van der Waals surface area contributed by atoms with Gasteiger partial charge in [0.2, 0.25) is 0 Å². The van der Waals surface area contributed by atoms with Gasteiger partial charge in [-0.1, -0.05) is 6.92 Å². The minimum atomic E-state index is -0.301. The Morgan fingerprint density at radius 3 is 2.86 bits per heavy atom. The molecule has 0 fully saturated rings.